The summed E-state index contributed by atoms with van der Waals surface area (Å²) in [6.07, 6.45) is 13.7. The van der Waals surface area contributed by atoms with Crippen molar-refractivity contribution in [1.29, 1.82) is 0 Å². The molecule has 0 radical (unpaired) electrons. The Labute approximate surface area is 233 Å². The second-order valence-corrected chi connectivity index (χ2v) is 14.8. The van der Waals surface area contributed by atoms with Gasteiger partial charge in [0.25, 0.3) is 0 Å². The molecule has 2 saturated heterocycles. The lowest BCUT2D eigenvalue weighted by molar-refractivity contribution is -0.896. The van der Waals surface area contributed by atoms with E-state index in [1.165, 1.54) is 40.3 Å². The SMILES string of the molecule is CC1(C[N+](C)([O-])[C@H]2CCC3=CC4=CC[C@]5(C)[C@@H](c6ccc7ccccc7c6)CC[C@H]5[C@@]45CC[C@]3(C2)O5)COC1. The number of hydrogen-bond acceptors (Lipinski definition) is 3. The lowest BCUT2D eigenvalue weighted by Gasteiger charge is -2.58. The Morgan fingerprint density at radius 1 is 1.00 bits per heavy atom. The van der Waals surface area contributed by atoms with Crippen LogP contribution >= 0.6 is 0 Å². The largest absolute Gasteiger partial charge is 0.633 e. The molecule has 7 atom stereocenters. The molecule has 0 N–H and O–H groups in total. The maximum Gasteiger partial charge on any atom is 0.0975 e. The summed E-state index contributed by atoms with van der Waals surface area (Å²) in [6.45, 7) is 6.86. The highest BCUT2D eigenvalue weighted by Crippen LogP contribution is 2.69. The standard InChI is InChI=1S/C35H43NO3/c1-32(22-38-23-32)21-36(3,37)29-11-10-27-19-28-14-15-33(2)30(26-9-8-24-6-4-5-7-25(24)18-26)12-13-31(33)35(28)17-16-34(27,20-29)39-35/h4-9,14,18-19,29-31H,10-13,15-17,20-23H2,1-3H3/t29-,30+,31+,33+,34+,35+,36?/m0/s1. The van der Waals surface area contributed by atoms with Gasteiger partial charge in [-0.05, 0) is 90.2 Å². The van der Waals surface area contributed by atoms with Crippen molar-refractivity contribution >= 4 is 10.8 Å². The molecule has 2 spiro atoms. The Balaban J connectivity index is 1.11. The highest BCUT2D eigenvalue weighted by atomic mass is 16.6. The summed E-state index contributed by atoms with van der Waals surface area (Å²) in [5.41, 5.74) is 4.24. The molecule has 3 heterocycles. The summed E-state index contributed by atoms with van der Waals surface area (Å²) in [5.74, 6) is 1.08. The molecule has 2 saturated carbocycles. The van der Waals surface area contributed by atoms with Crippen molar-refractivity contribution in [3.8, 4) is 0 Å². The number of hydroxylamine groups is 3. The first kappa shape index (κ1) is 24.8. The second kappa shape index (κ2) is 8.06. The number of ether oxygens (including phenoxy) is 2. The third-order valence-corrected chi connectivity index (χ3v) is 12.2. The van der Waals surface area contributed by atoms with Gasteiger partial charge in [-0.25, -0.2) is 0 Å². The van der Waals surface area contributed by atoms with Crippen molar-refractivity contribution in [2.45, 2.75) is 88.4 Å². The average molecular weight is 526 g/mol. The topological polar surface area (TPSA) is 41.5 Å². The minimum absolute atomic E-state index is 0.0251. The van der Waals surface area contributed by atoms with Gasteiger partial charge in [-0.3, -0.25) is 0 Å². The molecule has 0 amide bonds. The van der Waals surface area contributed by atoms with E-state index in [2.05, 4.69) is 68.5 Å². The van der Waals surface area contributed by atoms with Crippen LogP contribution < -0.4 is 0 Å². The zero-order valence-electron chi connectivity index (χ0n) is 23.9. The van der Waals surface area contributed by atoms with Gasteiger partial charge in [0.1, 0.15) is 0 Å². The van der Waals surface area contributed by atoms with Gasteiger partial charge >= 0.3 is 0 Å². The van der Waals surface area contributed by atoms with E-state index in [9.17, 15) is 5.21 Å². The van der Waals surface area contributed by atoms with Gasteiger partial charge in [0, 0.05) is 12.8 Å². The number of quaternary nitrogens is 1. The van der Waals surface area contributed by atoms with Gasteiger partial charge in [0.05, 0.1) is 49.5 Å². The Morgan fingerprint density at radius 2 is 1.82 bits per heavy atom. The Morgan fingerprint density at radius 3 is 2.62 bits per heavy atom. The lowest BCUT2D eigenvalue weighted by Crippen LogP contribution is -2.61. The van der Waals surface area contributed by atoms with Crippen molar-refractivity contribution in [3.63, 3.8) is 0 Å². The van der Waals surface area contributed by atoms with E-state index in [-0.39, 0.29) is 32.7 Å². The molecule has 4 heteroatoms. The number of nitrogens with zero attached hydrogens (tertiary/aromatic N) is 1. The number of allylic oxidation sites excluding steroid dienone is 1. The average Bonchev–Trinajstić information content (AvgIpc) is 3.42. The molecular formula is C35H43NO3. The van der Waals surface area contributed by atoms with Crippen LogP contribution in [0.4, 0.5) is 0 Å². The Bertz CT molecular complexity index is 1400. The van der Waals surface area contributed by atoms with E-state index < -0.39 is 0 Å². The van der Waals surface area contributed by atoms with Crippen LogP contribution in [-0.4, -0.2) is 48.7 Å². The Kier molecular flexibility index (Phi) is 5.12. The van der Waals surface area contributed by atoms with Crippen LogP contribution in [0.2, 0.25) is 0 Å². The number of hydrogen-bond donors (Lipinski definition) is 0. The van der Waals surface area contributed by atoms with E-state index in [0.29, 0.717) is 18.4 Å². The monoisotopic (exact) mass is 525 g/mol. The van der Waals surface area contributed by atoms with E-state index in [1.807, 2.05) is 7.05 Å². The molecule has 8 rings (SSSR count). The molecule has 2 bridgehead atoms. The van der Waals surface area contributed by atoms with Gasteiger partial charge in [-0.1, -0.05) is 61.5 Å². The fraction of sp³-hybridized carbons (Fsp3) is 0.600. The van der Waals surface area contributed by atoms with Gasteiger partial charge in [-0.2, -0.15) is 0 Å². The highest BCUT2D eigenvalue weighted by Gasteiger charge is 2.67. The van der Waals surface area contributed by atoms with E-state index in [4.69, 9.17) is 9.47 Å². The van der Waals surface area contributed by atoms with Crippen LogP contribution in [0.15, 0.2) is 65.8 Å². The van der Waals surface area contributed by atoms with Crippen LogP contribution in [0.1, 0.15) is 76.7 Å². The minimum Gasteiger partial charge on any atom is -0.633 e. The first-order valence-electron chi connectivity index (χ1n) is 15.4. The van der Waals surface area contributed by atoms with Crippen LogP contribution in [0.3, 0.4) is 0 Å². The molecular weight excluding hydrogens is 482 g/mol. The molecule has 4 nitrogen and oxygen atoms in total. The summed E-state index contributed by atoms with van der Waals surface area (Å²) < 4.78 is 12.8. The molecule has 39 heavy (non-hydrogen) atoms. The molecule has 3 aliphatic carbocycles. The van der Waals surface area contributed by atoms with Crippen LogP contribution in [0.25, 0.3) is 10.8 Å². The fourth-order valence-electron chi connectivity index (χ4n) is 10.2. The van der Waals surface area contributed by atoms with Crippen molar-refractivity contribution in [1.82, 2.24) is 0 Å². The number of benzene rings is 2. The van der Waals surface area contributed by atoms with Crippen molar-refractivity contribution in [3.05, 3.63) is 76.5 Å². The first-order chi connectivity index (χ1) is 18.6. The zero-order valence-corrected chi connectivity index (χ0v) is 23.9. The van der Waals surface area contributed by atoms with Crippen molar-refractivity contribution in [2.24, 2.45) is 16.7 Å². The summed E-state index contributed by atoms with van der Waals surface area (Å²) in [4.78, 5) is 0. The third kappa shape index (κ3) is 3.44. The molecule has 2 aromatic rings. The molecule has 3 aliphatic heterocycles. The summed E-state index contributed by atoms with van der Waals surface area (Å²) in [7, 11) is 1.92. The molecule has 1 unspecified atom stereocenters. The van der Waals surface area contributed by atoms with E-state index in [1.54, 1.807) is 0 Å². The first-order valence-corrected chi connectivity index (χ1v) is 15.4. The van der Waals surface area contributed by atoms with Gasteiger partial charge in [0.15, 0.2) is 0 Å². The molecule has 2 aromatic carbocycles. The molecule has 0 aromatic heterocycles. The summed E-state index contributed by atoms with van der Waals surface area (Å²) in [6, 6.07) is 16.0. The van der Waals surface area contributed by atoms with Crippen molar-refractivity contribution in [2.75, 3.05) is 26.8 Å². The highest BCUT2D eigenvalue weighted by molar-refractivity contribution is 5.83. The maximum atomic E-state index is 14.0. The molecule has 206 valence electrons. The zero-order chi connectivity index (χ0) is 26.7. The van der Waals surface area contributed by atoms with Gasteiger partial charge < -0.3 is 19.3 Å². The summed E-state index contributed by atoms with van der Waals surface area (Å²) in [5, 5.41) is 16.7. The normalized spacial score (nSPS) is 41.5. The maximum absolute atomic E-state index is 14.0. The predicted octanol–water partition coefficient (Wildman–Crippen LogP) is 7.43. The van der Waals surface area contributed by atoms with Crippen LogP contribution in [-0.2, 0) is 9.47 Å². The minimum atomic E-state index is -0.236. The van der Waals surface area contributed by atoms with Gasteiger partial charge in [0.2, 0.25) is 0 Å². The predicted molar refractivity (Wildman–Crippen MR) is 155 cm³/mol. The van der Waals surface area contributed by atoms with Crippen molar-refractivity contribution < 1.29 is 14.1 Å². The smallest absolute Gasteiger partial charge is 0.0975 e. The van der Waals surface area contributed by atoms with Crippen LogP contribution in [0.5, 0.6) is 0 Å². The lowest BCUT2D eigenvalue weighted by atomic mass is 9.58. The fourth-order valence-corrected chi connectivity index (χ4v) is 10.2. The van der Waals surface area contributed by atoms with E-state index in [0.717, 1.165) is 51.7 Å². The Hall–Kier alpha value is -1.98. The number of rotatable bonds is 4. The third-order valence-electron chi connectivity index (χ3n) is 12.2. The molecule has 6 aliphatic rings. The van der Waals surface area contributed by atoms with Gasteiger partial charge in [-0.15, -0.1) is 0 Å². The van der Waals surface area contributed by atoms with E-state index >= 15 is 0 Å². The molecule has 4 fully saturated rings. The quantitative estimate of drug-likeness (QED) is 0.308. The second-order valence-electron chi connectivity index (χ2n) is 14.8. The number of fused-ring (bicyclic) bond motifs is 2. The van der Waals surface area contributed by atoms with Crippen LogP contribution in [0, 0.1) is 22.0 Å². The summed E-state index contributed by atoms with van der Waals surface area (Å²) >= 11 is 0.